The van der Waals surface area contributed by atoms with Crippen LogP contribution in [-0.2, 0) is 0 Å². The number of ether oxygens (including phenoxy) is 1. The molecule has 0 radical (unpaired) electrons. The molecule has 0 unspecified atom stereocenters. The van der Waals surface area contributed by atoms with Crippen LogP contribution in [0.4, 0.5) is 0 Å². The van der Waals surface area contributed by atoms with Gasteiger partial charge in [-0.05, 0) is 55.4 Å². The Hall–Kier alpha value is -1.55. The van der Waals surface area contributed by atoms with Gasteiger partial charge in [0, 0.05) is 25.2 Å². The van der Waals surface area contributed by atoms with Crippen LogP contribution in [-0.4, -0.2) is 37.0 Å². The Kier molecular flexibility index (Phi) is 4.44. The van der Waals surface area contributed by atoms with Crippen LogP contribution < -0.4 is 10.5 Å². The van der Waals surface area contributed by atoms with E-state index in [2.05, 4.69) is 4.90 Å². The number of carbonyl (C=O) groups is 1. The summed E-state index contributed by atoms with van der Waals surface area (Å²) >= 11 is 0. The minimum atomic E-state index is -0.402. The molecule has 114 valence electrons. The van der Waals surface area contributed by atoms with Crippen LogP contribution in [0.25, 0.3) is 0 Å². The highest BCUT2D eigenvalue weighted by Crippen LogP contribution is 2.37. The summed E-state index contributed by atoms with van der Waals surface area (Å²) in [5, 5.41) is 0. The quantitative estimate of drug-likeness (QED) is 0.817. The molecule has 4 nitrogen and oxygen atoms in total. The van der Waals surface area contributed by atoms with Crippen LogP contribution in [0.2, 0.25) is 0 Å². The van der Waals surface area contributed by atoms with E-state index in [4.69, 9.17) is 10.5 Å². The number of nitrogens with zero attached hydrogens (tertiary/aromatic N) is 1. The van der Waals surface area contributed by atoms with E-state index in [1.165, 1.54) is 32.4 Å². The molecule has 0 bridgehead atoms. The van der Waals surface area contributed by atoms with Gasteiger partial charge in [-0.2, -0.15) is 0 Å². The lowest BCUT2D eigenvalue weighted by molar-refractivity contribution is 0.100. The Balaban J connectivity index is 1.36. The second-order valence-corrected chi connectivity index (χ2v) is 6.30. The number of benzene rings is 1. The first-order valence-corrected chi connectivity index (χ1v) is 7.97. The van der Waals surface area contributed by atoms with Crippen molar-refractivity contribution in [1.29, 1.82) is 0 Å². The maximum atomic E-state index is 11.0. The van der Waals surface area contributed by atoms with Gasteiger partial charge in [0.15, 0.2) is 0 Å². The maximum absolute atomic E-state index is 11.0. The molecule has 1 amide bonds. The van der Waals surface area contributed by atoms with Crippen LogP contribution in [0.5, 0.6) is 5.75 Å². The zero-order chi connectivity index (χ0) is 14.7. The zero-order valence-electron chi connectivity index (χ0n) is 12.5. The molecule has 2 fully saturated rings. The van der Waals surface area contributed by atoms with Crippen LogP contribution in [0, 0.1) is 11.8 Å². The molecule has 0 spiro atoms. The van der Waals surface area contributed by atoms with Gasteiger partial charge in [0.2, 0.25) is 5.91 Å². The predicted molar refractivity (Wildman–Crippen MR) is 82.3 cm³/mol. The highest BCUT2D eigenvalue weighted by molar-refractivity contribution is 5.92. The summed E-state index contributed by atoms with van der Waals surface area (Å²) in [5.74, 6) is 2.33. The number of carbonyl (C=O) groups excluding carboxylic acids is 1. The summed E-state index contributed by atoms with van der Waals surface area (Å²) in [4.78, 5) is 13.6. The molecule has 1 aromatic carbocycles. The van der Waals surface area contributed by atoms with Gasteiger partial charge in [-0.1, -0.05) is 6.42 Å². The summed E-state index contributed by atoms with van der Waals surface area (Å²) in [6.45, 7) is 4.43. The van der Waals surface area contributed by atoms with Crippen molar-refractivity contribution in [3.63, 3.8) is 0 Å². The molecule has 1 saturated heterocycles. The van der Waals surface area contributed by atoms with Gasteiger partial charge < -0.3 is 15.4 Å². The Morgan fingerprint density at radius 2 is 1.86 bits per heavy atom. The van der Waals surface area contributed by atoms with Crippen LogP contribution in [0.1, 0.15) is 36.0 Å². The van der Waals surface area contributed by atoms with Crippen molar-refractivity contribution < 1.29 is 9.53 Å². The van der Waals surface area contributed by atoms with Crippen molar-refractivity contribution in [3.05, 3.63) is 29.8 Å². The molecule has 1 aliphatic heterocycles. The first kappa shape index (κ1) is 14.4. The van der Waals surface area contributed by atoms with Crippen molar-refractivity contribution in [2.75, 3.05) is 26.2 Å². The van der Waals surface area contributed by atoms with Crippen molar-refractivity contribution in [2.45, 2.75) is 25.7 Å². The monoisotopic (exact) mass is 288 g/mol. The number of fused-ring (bicyclic) bond motifs is 1. The van der Waals surface area contributed by atoms with Crippen LogP contribution in [0.15, 0.2) is 24.3 Å². The van der Waals surface area contributed by atoms with E-state index in [1.807, 2.05) is 0 Å². The average molecular weight is 288 g/mol. The number of nitrogens with two attached hydrogens (primary N) is 1. The van der Waals surface area contributed by atoms with E-state index in [-0.39, 0.29) is 0 Å². The Bertz CT molecular complexity index is 474. The van der Waals surface area contributed by atoms with E-state index in [9.17, 15) is 4.79 Å². The molecule has 3 rings (SSSR count). The lowest BCUT2D eigenvalue weighted by atomic mass is 10.0. The lowest BCUT2D eigenvalue weighted by Crippen LogP contribution is -2.24. The Morgan fingerprint density at radius 3 is 2.48 bits per heavy atom. The maximum Gasteiger partial charge on any atom is 0.248 e. The molecule has 1 aromatic rings. The number of likely N-dealkylation sites (tertiary alicyclic amines) is 1. The molecule has 2 N–H and O–H groups in total. The predicted octanol–water partition coefficient (Wildman–Crippen LogP) is 2.29. The van der Waals surface area contributed by atoms with Gasteiger partial charge >= 0.3 is 0 Å². The summed E-state index contributed by atoms with van der Waals surface area (Å²) in [5.41, 5.74) is 5.73. The van der Waals surface area contributed by atoms with E-state index in [1.54, 1.807) is 24.3 Å². The molecule has 2 atom stereocenters. The molecule has 21 heavy (non-hydrogen) atoms. The smallest absolute Gasteiger partial charge is 0.248 e. The van der Waals surface area contributed by atoms with Gasteiger partial charge in [0.1, 0.15) is 5.75 Å². The SMILES string of the molecule is NC(=O)c1ccc(OCCCN2C[C@H]3CCC[C@@H]3C2)cc1. The fourth-order valence-corrected chi connectivity index (χ4v) is 3.71. The normalized spacial score (nSPS) is 25.0. The highest BCUT2D eigenvalue weighted by atomic mass is 16.5. The van der Waals surface area contributed by atoms with E-state index in [0.29, 0.717) is 5.56 Å². The van der Waals surface area contributed by atoms with Gasteiger partial charge in [0.25, 0.3) is 0 Å². The lowest BCUT2D eigenvalue weighted by Gasteiger charge is -2.16. The average Bonchev–Trinajstić information content (AvgIpc) is 3.05. The van der Waals surface area contributed by atoms with E-state index < -0.39 is 5.91 Å². The number of hydrogen-bond acceptors (Lipinski definition) is 3. The highest BCUT2D eigenvalue weighted by Gasteiger charge is 2.35. The molecule has 1 aliphatic carbocycles. The van der Waals surface area contributed by atoms with Crippen LogP contribution >= 0.6 is 0 Å². The number of hydrogen-bond donors (Lipinski definition) is 1. The molecule has 1 heterocycles. The molecular formula is C17H24N2O2. The fraction of sp³-hybridized carbons (Fsp3) is 0.588. The summed E-state index contributed by atoms with van der Waals surface area (Å²) in [6.07, 6.45) is 5.36. The topological polar surface area (TPSA) is 55.6 Å². The number of amides is 1. The molecule has 4 heteroatoms. The minimum Gasteiger partial charge on any atom is -0.494 e. The van der Waals surface area contributed by atoms with Gasteiger partial charge in [0.05, 0.1) is 6.61 Å². The second kappa shape index (κ2) is 6.48. The van der Waals surface area contributed by atoms with Crippen molar-refractivity contribution in [2.24, 2.45) is 17.6 Å². The Morgan fingerprint density at radius 1 is 1.19 bits per heavy atom. The van der Waals surface area contributed by atoms with Gasteiger partial charge in [-0.3, -0.25) is 4.79 Å². The van der Waals surface area contributed by atoms with E-state index >= 15 is 0 Å². The minimum absolute atomic E-state index is 0.402. The third-order valence-electron chi connectivity index (χ3n) is 4.83. The summed E-state index contributed by atoms with van der Waals surface area (Å²) < 4.78 is 5.72. The van der Waals surface area contributed by atoms with Crippen molar-refractivity contribution in [1.82, 2.24) is 4.90 Å². The molecule has 1 saturated carbocycles. The van der Waals surface area contributed by atoms with Crippen molar-refractivity contribution in [3.8, 4) is 5.75 Å². The standard InChI is InChI=1S/C17H24N2O2/c18-17(20)13-5-7-16(8-6-13)21-10-2-9-19-11-14-3-1-4-15(14)12-19/h5-8,14-15H,1-4,9-12H2,(H2,18,20)/t14-,15-/m1/s1. The first-order valence-electron chi connectivity index (χ1n) is 7.97. The fourth-order valence-electron chi connectivity index (χ4n) is 3.71. The molecular weight excluding hydrogens is 264 g/mol. The summed E-state index contributed by atoms with van der Waals surface area (Å²) in [6, 6.07) is 7.03. The Labute approximate surface area is 126 Å². The molecule has 0 aromatic heterocycles. The van der Waals surface area contributed by atoms with E-state index in [0.717, 1.165) is 37.2 Å². The zero-order valence-corrected chi connectivity index (χ0v) is 12.5. The van der Waals surface area contributed by atoms with Crippen LogP contribution in [0.3, 0.4) is 0 Å². The van der Waals surface area contributed by atoms with Gasteiger partial charge in [-0.15, -0.1) is 0 Å². The molecule has 2 aliphatic rings. The van der Waals surface area contributed by atoms with Gasteiger partial charge in [-0.25, -0.2) is 0 Å². The third kappa shape index (κ3) is 3.56. The second-order valence-electron chi connectivity index (χ2n) is 6.30. The first-order chi connectivity index (χ1) is 10.2. The number of rotatable bonds is 6. The number of primary amides is 1. The third-order valence-corrected chi connectivity index (χ3v) is 4.83. The summed E-state index contributed by atoms with van der Waals surface area (Å²) in [7, 11) is 0. The largest absolute Gasteiger partial charge is 0.494 e. The van der Waals surface area contributed by atoms with Crippen molar-refractivity contribution >= 4 is 5.91 Å².